The Morgan fingerprint density at radius 1 is 1.26 bits per heavy atom. The maximum atomic E-state index is 13.6. The molecule has 0 heterocycles. The highest BCUT2D eigenvalue weighted by Gasteiger charge is 2.07. The smallest absolute Gasteiger partial charge is 0.166 e. The predicted molar refractivity (Wildman–Crippen MR) is 76.4 cm³/mol. The summed E-state index contributed by atoms with van der Waals surface area (Å²) in [6, 6.07) is 9.65. The molecule has 0 amide bonds. The topological polar surface area (TPSA) is 59.1 Å². The zero-order valence-corrected chi connectivity index (χ0v) is 11.8. The fraction of sp³-hybridized carbons (Fsp3) is 0.0714. The van der Waals surface area contributed by atoms with Gasteiger partial charge in [-0.15, -0.1) is 0 Å². The molecule has 2 rings (SSSR count). The van der Waals surface area contributed by atoms with Crippen LogP contribution in [0.2, 0.25) is 0 Å². The van der Waals surface area contributed by atoms with E-state index in [4.69, 9.17) is 15.9 Å². The van der Waals surface area contributed by atoms with Crippen molar-refractivity contribution in [2.24, 2.45) is 5.73 Å². The molecule has 0 unspecified atom stereocenters. The van der Waals surface area contributed by atoms with E-state index in [2.05, 4.69) is 15.9 Å². The Hall–Kier alpha value is -1.88. The summed E-state index contributed by atoms with van der Waals surface area (Å²) in [6.45, 7) is 1.82. The van der Waals surface area contributed by atoms with E-state index >= 15 is 0 Å². The van der Waals surface area contributed by atoms with Gasteiger partial charge < -0.3 is 10.5 Å². The highest BCUT2D eigenvalue weighted by molar-refractivity contribution is 9.10. The van der Waals surface area contributed by atoms with Crippen molar-refractivity contribution < 1.29 is 9.13 Å². The van der Waals surface area contributed by atoms with Gasteiger partial charge >= 0.3 is 0 Å². The molecule has 0 radical (unpaired) electrons. The summed E-state index contributed by atoms with van der Waals surface area (Å²) >= 11 is 3.19. The number of rotatable bonds is 3. The van der Waals surface area contributed by atoms with Crippen molar-refractivity contribution in [2.75, 3.05) is 0 Å². The van der Waals surface area contributed by atoms with Crippen LogP contribution in [0.3, 0.4) is 0 Å². The fourth-order valence-corrected chi connectivity index (χ4v) is 2.02. The van der Waals surface area contributed by atoms with Gasteiger partial charge in [-0.1, -0.05) is 15.9 Å². The first kappa shape index (κ1) is 13.5. The second-order valence-electron chi connectivity index (χ2n) is 4.07. The normalized spacial score (nSPS) is 10.3. The molecule has 0 aliphatic rings. The first-order valence-electron chi connectivity index (χ1n) is 5.55. The van der Waals surface area contributed by atoms with Crippen molar-refractivity contribution in [3.05, 3.63) is 57.8 Å². The summed E-state index contributed by atoms with van der Waals surface area (Å²) in [7, 11) is 0. The number of nitrogens with one attached hydrogen (secondary N) is 1. The molecule has 0 saturated carbocycles. The summed E-state index contributed by atoms with van der Waals surface area (Å²) in [5.74, 6) is 0.212. The molecule has 0 spiro atoms. The lowest BCUT2D eigenvalue weighted by atomic mass is 10.1. The molecule has 3 N–H and O–H groups in total. The molecule has 19 heavy (non-hydrogen) atoms. The van der Waals surface area contributed by atoms with E-state index in [1.165, 1.54) is 6.07 Å². The third-order valence-electron chi connectivity index (χ3n) is 2.61. The van der Waals surface area contributed by atoms with Crippen LogP contribution in [0.5, 0.6) is 11.5 Å². The molecular weight excluding hydrogens is 311 g/mol. The Morgan fingerprint density at radius 3 is 2.58 bits per heavy atom. The van der Waals surface area contributed by atoms with Gasteiger partial charge in [-0.2, -0.15) is 0 Å². The van der Waals surface area contributed by atoms with E-state index in [0.717, 1.165) is 5.56 Å². The lowest BCUT2D eigenvalue weighted by Gasteiger charge is -2.10. The SMILES string of the molecule is Cc1cc(Oc2ccc(Br)cc2F)ccc1C(=N)N. The van der Waals surface area contributed by atoms with Gasteiger partial charge in [-0.25, -0.2) is 4.39 Å². The molecule has 3 nitrogen and oxygen atoms in total. The number of nitrogen functional groups attached to an aromatic ring is 1. The summed E-state index contributed by atoms with van der Waals surface area (Å²) < 4.78 is 19.8. The van der Waals surface area contributed by atoms with E-state index in [1.807, 2.05) is 6.92 Å². The molecule has 0 bridgehead atoms. The number of aryl methyl sites for hydroxylation is 1. The summed E-state index contributed by atoms with van der Waals surface area (Å²) in [4.78, 5) is 0. The van der Waals surface area contributed by atoms with Crippen LogP contribution in [0.4, 0.5) is 4.39 Å². The molecule has 2 aromatic carbocycles. The maximum absolute atomic E-state index is 13.6. The van der Waals surface area contributed by atoms with Crippen LogP contribution in [-0.2, 0) is 0 Å². The lowest BCUT2D eigenvalue weighted by molar-refractivity contribution is 0.441. The van der Waals surface area contributed by atoms with Crippen LogP contribution in [0, 0.1) is 18.2 Å². The van der Waals surface area contributed by atoms with Gasteiger partial charge in [0.2, 0.25) is 0 Å². The molecule has 5 heteroatoms. The van der Waals surface area contributed by atoms with Gasteiger partial charge in [0, 0.05) is 10.0 Å². The standard InChI is InChI=1S/C14H12BrFN2O/c1-8-6-10(3-4-11(8)14(17)18)19-13-5-2-9(15)7-12(13)16/h2-7H,1H3,(H3,17,18). The minimum atomic E-state index is -0.442. The molecule has 0 aliphatic heterocycles. The van der Waals surface area contributed by atoms with E-state index in [-0.39, 0.29) is 11.6 Å². The van der Waals surface area contributed by atoms with E-state index in [0.29, 0.717) is 15.8 Å². The van der Waals surface area contributed by atoms with Crippen molar-refractivity contribution in [1.82, 2.24) is 0 Å². The summed E-state index contributed by atoms with van der Waals surface area (Å²) in [5.41, 5.74) is 6.89. The molecule has 0 saturated heterocycles. The van der Waals surface area contributed by atoms with Crippen LogP contribution in [-0.4, -0.2) is 5.84 Å². The largest absolute Gasteiger partial charge is 0.454 e. The summed E-state index contributed by atoms with van der Waals surface area (Å²) in [6.07, 6.45) is 0. The molecule has 0 aliphatic carbocycles. The Bertz CT molecular complexity index is 643. The number of hydrogen-bond donors (Lipinski definition) is 2. The van der Waals surface area contributed by atoms with Crippen molar-refractivity contribution in [3.63, 3.8) is 0 Å². The van der Waals surface area contributed by atoms with Crippen LogP contribution < -0.4 is 10.5 Å². The second kappa shape index (κ2) is 5.40. The number of halogens is 2. The van der Waals surface area contributed by atoms with E-state index in [1.54, 1.807) is 30.3 Å². The van der Waals surface area contributed by atoms with Crippen molar-refractivity contribution in [1.29, 1.82) is 5.41 Å². The van der Waals surface area contributed by atoms with Gasteiger partial charge in [-0.3, -0.25) is 5.41 Å². The molecule has 98 valence electrons. The number of benzene rings is 2. The number of ether oxygens (including phenoxy) is 1. The van der Waals surface area contributed by atoms with Gasteiger partial charge in [0.25, 0.3) is 0 Å². The Morgan fingerprint density at radius 2 is 2.00 bits per heavy atom. The minimum Gasteiger partial charge on any atom is -0.454 e. The number of hydrogen-bond acceptors (Lipinski definition) is 2. The monoisotopic (exact) mass is 322 g/mol. The van der Waals surface area contributed by atoms with E-state index in [9.17, 15) is 4.39 Å². The molecule has 0 atom stereocenters. The zero-order valence-electron chi connectivity index (χ0n) is 10.2. The highest BCUT2D eigenvalue weighted by atomic mass is 79.9. The Balaban J connectivity index is 2.29. The maximum Gasteiger partial charge on any atom is 0.166 e. The summed E-state index contributed by atoms with van der Waals surface area (Å²) in [5, 5.41) is 7.40. The van der Waals surface area contributed by atoms with Crippen LogP contribution in [0.15, 0.2) is 40.9 Å². The van der Waals surface area contributed by atoms with Crippen LogP contribution in [0.1, 0.15) is 11.1 Å². The van der Waals surface area contributed by atoms with Gasteiger partial charge in [0.1, 0.15) is 11.6 Å². The number of amidine groups is 1. The molecule has 0 fully saturated rings. The Labute approximate surface area is 118 Å². The fourth-order valence-electron chi connectivity index (χ4n) is 1.69. The first-order valence-corrected chi connectivity index (χ1v) is 6.34. The zero-order chi connectivity index (χ0) is 14.0. The first-order chi connectivity index (χ1) is 8.97. The third-order valence-corrected chi connectivity index (χ3v) is 3.10. The average molecular weight is 323 g/mol. The van der Waals surface area contributed by atoms with Crippen molar-refractivity contribution in [2.45, 2.75) is 6.92 Å². The predicted octanol–water partition coefficient (Wildman–Crippen LogP) is 3.97. The Kier molecular flexibility index (Phi) is 3.85. The number of nitrogens with two attached hydrogens (primary N) is 1. The van der Waals surface area contributed by atoms with E-state index < -0.39 is 5.82 Å². The molecular formula is C14H12BrFN2O. The average Bonchev–Trinajstić information content (AvgIpc) is 2.32. The molecule has 2 aromatic rings. The lowest BCUT2D eigenvalue weighted by Crippen LogP contribution is -2.12. The van der Waals surface area contributed by atoms with Crippen molar-refractivity contribution >= 4 is 21.8 Å². The van der Waals surface area contributed by atoms with Crippen molar-refractivity contribution in [3.8, 4) is 11.5 Å². The second-order valence-corrected chi connectivity index (χ2v) is 4.98. The minimum absolute atomic E-state index is 0.00104. The quantitative estimate of drug-likeness (QED) is 0.663. The molecule has 0 aromatic heterocycles. The third kappa shape index (κ3) is 3.12. The van der Waals surface area contributed by atoms with Crippen LogP contribution >= 0.6 is 15.9 Å². The van der Waals surface area contributed by atoms with Gasteiger partial charge in [-0.05, 0) is 48.9 Å². The van der Waals surface area contributed by atoms with Gasteiger partial charge in [0.05, 0.1) is 0 Å². The van der Waals surface area contributed by atoms with Gasteiger partial charge in [0.15, 0.2) is 11.6 Å². The van der Waals surface area contributed by atoms with Crippen LogP contribution in [0.25, 0.3) is 0 Å². The highest BCUT2D eigenvalue weighted by Crippen LogP contribution is 2.28.